The first-order valence-corrected chi connectivity index (χ1v) is 8.77. The summed E-state index contributed by atoms with van der Waals surface area (Å²) in [4.78, 5) is 26.2. The molecule has 6 heteroatoms. The van der Waals surface area contributed by atoms with Crippen molar-refractivity contribution < 1.29 is 9.53 Å². The summed E-state index contributed by atoms with van der Waals surface area (Å²) in [5.74, 6) is -0.0345. The van der Waals surface area contributed by atoms with Gasteiger partial charge in [0.1, 0.15) is 6.61 Å². The van der Waals surface area contributed by atoms with Gasteiger partial charge in [-0.25, -0.2) is 0 Å². The zero-order valence-corrected chi connectivity index (χ0v) is 14.5. The second kappa shape index (κ2) is 6.28. The lowest BCUT2D eigenvalue weighted by atomic mass is 9.90. The van der Waals surface area contributed by atoms with Crippen LogP contribution in [0, 0.1) is 0 Å². The van der Waals surface area contributed by atoms with Crippen LogP contribution >= 0.6 is 0 Å². The van der Waals surface area contributed by atoms with Crippen molar-refractivity contribution in [3.63, 3.8) is 0 Å². The highest BCUT2D eigenvalue weighted by Crippen LogP contribution is 2.28. The topological polar surface area (TPSA) is 63.6 Å². The lowest BCUT2D eigenvalue weighted by Crippen LogP contribution is -2.57. The number of rotatable bonds is 2. The molecule has 0 unspecified atom stereocenters. The van der Waals surface area contributed by atoms with Gasteiger partial charge in [-0.2, -0.15) is 0 Å². The molecule has 1 spiro atoms. The van der Waals surface area contributed by atoms with Gasteiger partial charge in [0.2, 0.25) is 5.91 Å². The number of ether oxygens (including phenoxy) is 1. The van der Waals surface area contributed by atoms with E-state index in [4.69, 9.17) is 4.74 Å². The number of fused-ring (bicyclic) bond motifs is 1. The highest BCUT2D eigenvalue weighted by Gasteiger charge is 2.38. The molecular weight excluding hydrogens is 318 g/mol. The number of morpholine rings is 1. The number of hydrogen-bond acceptors (Lipinski definition) is 4. The third-order valence-electron chi connectivity index (χ3n) is 5.49. The quantitative estimate of drug-likeness (QED) is 0.886. The number of hydrogen-bond donors (Lipinski definition) is 1. The molecule has 2 aliphatic heterocycles. The summed E-state index contributed by atoms with van der Waals surface area (Å²) in [5, 5.41) is 4.00. The Morgan fingerprint density at radius 1 is 1.20 bits per heavy atom. The minimum atomic E-state index is -0.223. The molecule has 1 aromatic carbocycles. The van der Waals surface area contributed by atoms with Crippen molar-refractivity contribution in [2.75, 3.05) is 26.2 Å². The van der Waals surface area contributed by atoms with Crippen molar-refractivity contribution in [3.8, 4) is 0 Å². The Labute approximate surface area is 146 Å². The maximum atomic E-state index is 12.7. The molecule has 0 aliphatic carbocycles. The Balaban J connectivity index is 1.49. The van der Waals surface area contributed by atoms with Gasteiger partial charge in [-0.1, -0.05) is 18.2 Å². The Hall–Kier alpha value is -2.18. The van der Waals surface area contributed by atoms with E-state index in [9.17, 15) is 9.59 Å². The normalized spacial score (nSPS) is 20.8. The number of amides is 1. The molecule has 0 radical (unpaired) electrons. The molecule has 4 rings (SSSR count). The summed E-state index contributed by atoms with van der Waals surface area (Å²) in [5.41, 5.74) is 1.63. The second-order valence-corrected chi connectivity index (χ2v) is 7.12. The fraction of sp³-hybridized carbons (Fsp3) is 0.474. The third-order valence-corrected chi connectivity index (χ3v) is 5.49. The molecule has 3 heterocycles. The van der Waals surface area contributed by atoms with Gasteiger partial charge < -0.3 is 14.6 Å². The van der Waals surface area contributed by atoms with Gasteiger partial charge in [0, 0.05) is 38.8 Å². The van der Waals surface area contributed by atoms with E-state index >= 15 is 0 Å². The van der Waals surface area contributed by atoms with Crippen LogP contribution in [0.3, 0.4) is 0 Å². The molecule has 0 bridgehead atoms. The van der Waals surface area contributed by atoms with E-state index in [-0.39, 0.29) is 23.7 Å². The number of carbonyl (C=O) groups excluding carboxylic acids is 1. The predicted molar refractivity (Wildman–Crippen MR) is 95.4 cm³/mol. The summed E-state index contributed by atoms with van der Waals surface area (Å²) in [6, 6.07) is 9.98. The molecule has 132 valence electrons. The van der Waals surface area contributed by atoms with Crippen LogP contribution in [-0.2, 0) is 23.1 Å². The molecule has 1 N–H and O–H groups in total. The number of piperidine rings is 1. The van der Waals surface area contributed by atoms with Crippen LogP contribution in [0.4, 0.5) is 0 Å². The first-order chi connectivity index (χ1) is 12.1. The van der Waals surface area contributed by atoms with Crippen LogP contribution < -0.4 is 10.9 Å². The Bertz CT molecular complexity index is 854. The van der Waals surface area contributed by atoms with Gasteiger partial charge in [0.15, 0.2) is 0 Å². The summed E-state index contributed by atoms with van der Waals surface area (Å²) >= 11 is 0. The van der Waals surface area contributed by atoms with Crippen molar-refractivity contribution in [1.82, 2.24) is 14.8 Å². The Morgan fingerprint density at radius 2 is 1.96 bits per heavy atom. The summed E-state index contributed by atoms with van der Waals surface area (Å²) in [6.45, 7) is 3.14. The number of aromatic nitrogens is 1. The first-order valence-electron chi connectivity index (χ1n) is 8.77. The number of carbonyl (C=O) groups is 1. The minimum absolute atomic E-state index is 0.0345. The van der Waals surface area contributed by atoms with Crippen LogP contribution in [0.5, 0.6) is 0 Å². The van der Waals surface area contributed by atoms with Crippen LogP contribution in [0.1, 0.15) is 18.4 Å². The van der Waals surface area contributed by atoms with Gasteiger partial charge in [-0.3, -0.25) is 14.5 Å². The monoisotopic (exact) mass is 341 g/mol. The predicted octanol–water partition coefficient (Wildman–Crippen LogP) is 1.02. The van der Waals surface area contributed by atoms with Crippen LogP contribution in [0.25, 0.3) is 10.9 Å². The Morgan fingerprint density at radius 3 is 2.68 bits per heavy atom. The largest absolute Gasteiger partial charge is 0.363 e. The average molecular weight is 341 g/mol. The van der Waals surface area contributed by atoms with Crippen LogP contribution in [0.15, 0.2) is 35.1 Å². The molecule has 25 heavy (non-hydrogen) atoms. The molecule has 2 aliphatic rings. The molecule has 0 saturated carbocycles. The fourth-order valence-corrected chi connectivity index (χ4v) is 3.86. The van der Waals surface area contributed by atoms with E-state index in [1.54, 1.807) is 4.57 Å². The SMILES string of the molecule is Cn1c(=O)c(CN2CCC3(CC2)CNC(=O)CO3)cc2ccccc21. The lowest BCUT2D eigenvalue weighted by molar-refractivity contribution is -0.150. The molecule has 1 amide bonds. The van der Waals surface area contributed by atoms with Crippen LogP contribution in [0.2, 0.25) is 0 Å². The van der Waals surface area contributed by atoms with E-state index in [1.165, 1.54) is 0 Å². The minimum Gasteiger partial charge on any atom is -0.363 e. The second-order valence-electron chi connectivity index (χ2n) is 7.12. The average Bonchev–Trinajstić information content (AvgIpc) is 2.64. The zero-order chi connectivity index (χ0) is 17.4. The maximum absolute atomic E-state index is 12.7. The van der Waals surface area contributed by atoms with E-state index < -0.39 is 0 Å². The lowest BCUT2D eigenvalue weighted by Gasteiger charge is -2.43. The van der Waals surface area contributed by atoms with E-state index in [0.717, 1.165) is 42.4 Å². The number of nitrogens with zero attached hydrogens (tertiary/aromatic N) is 2. The standard InChI is InChI=1S/C19H23N3O3/c1-21-16-5-3-2-4-14(16)10-15(18(21)24)11-22-8-6-19(7-9-22)13-20-17(23)12-25-19/h2-5,10H,6-9,11-13H2,1H3,(H,20,23). The number of pyridine rings is 1. The molecule has 1 aromatic heterocycles. The number of nitrogens with one attached hydrogen (secondary N) is 1. The fourth-order valence-electron chi connectivity index (χ4n) is 3.86. The highest BCUT2D eigenvalue weighted by molar-refractivity contribution is 5.79. The van der Waals surface area contributed by atoms with E-state index in [2.05, 4.69) is 10.2 Å². The molecule has 6 nitrogen and oxygen atoms in total. The number of likely N-dealkylation sites (tertiary alicyclic amines) is 1. The zero-order valence-electron chi connectivity index (χ0n) is 14.5. The van der Waals surface area contributed by atoms with Crippen molar-refractivity contribution in [2.24, 2.45) is 7.05 Å². The van der Waals surface area contributed by atoms with Gasteiger partial charge in [0.25, 0.3) is 5.56 Å². The molecule has 0 atom stereocenters. The number of para-hydroxylation sites is 1. The van der Waals surface area contributed by atoms with Gasteiger partial charge in [0.05, 0.1) is 11.1 Å². The summed E-state index contributed by atoms with van der Waals surface area (Å²) in [7, 11) is 1.83. The van der Waals surface area contributed by atoms with Crippen molar-refractivity contribution in [1.29, 1.82) is 0 Å². The van der Waals surface area contributed by atoms with Gasteiger partial charge in [-0.05, 0) is 30.4 Å². The molecule has 2 aromatic rings. The van der Waals surface area contributed by atoms with Gasteiger partial charge >= 0.3 is 0 Å². The molecule has 2 saturated heterocycles. The molecular formula is C19H23N3O3. The number of benzene rings is 1. The smallest absolute Gasteiger partial charge is 0.255 e. The highest BCUT2D eigenvalue weighted by atomic mass is 16.5. The van der Waals surface area contributed by atoms with E-state index in [0.29, 0.717) is 13.1 Å². The molecule has 2 fully saturated rings. The first kappa shape index (κ1) is 16.3. The van der Waals surface area contributed by atoms with Crippen molar-refractivity contribution in [3.05, 3.63) is 46.2 Å². The number of aryl methyl sites for hydroxylation is 1. The Kier molecular flexibility index (Phi) is 4.09. The van der Waals surface area contributed by atoms with Crippen molar-refractivity contribution >= 4 is 16.8 Å². The van der Waals surface area contributed by atoms with Gasteiger partial charge in [-0.15, -0.1) is 0 Å². The summed E-state index contributed by atoms with van der Waals surface area (Å²) in [6.07, 6.45) is 1.75. The van der Waals surface area contributed by atoms with Crippen molar-refractivity contribution in [2.45, 2.75) is 25.0 Å². The summed E-state index contributed by atoms with van der Waals surface area (Å²) < 4.78 is 7.55. The van der Waals surface area contributed by atoms with E-state index in [1.807, 2.05) is 37.4 Å². The van der Waals surface area contributed by atoms with Crippen LogP contribution in [-0.4, -0.2) is 47.2 Å². The maximum Gasteiger partial charge on any atom is 0.255 e. The third kappa shape index (κ3) is 3.07.